The van der Waals surface area contributed by atoms with Crippen LogP contribution in [0.25, 0.3) is 10.9 Å². The minimum Gasteiger partial charge on any atom is -0.492 e. The molecule has 1 aromatic heterocycles. The van der Waals surface area contributed by atoms with Crippen LogP contribution in [0.2, 0.25) is 20.1 Å². The summed E-state index contributed by atoms with van der Waals surface area (Å²) < 4.78 is 11.5. The Labute approximate surface area is 161 Å². The Morgan fingerprint density at radius 2 is 1.56 bits per heavy atom. The normalized spacial score (nSPS) is 11.0. The van der Waals surface area contributed by atoms with Gasteiger partial charge in [0.05, 0.1) is 22.5 Å². The van der Waals surface area contributed by atoms with Crippen LogP contribution in [0.5, 0.6) is 5.75 Å². The third kappa shape index (κ3) is 3.96. The number of hydrogen-bond donors (Lipinski definition) is 0. The zero-order valence-electron chi connectivity index (χ0n) is 12.4. The smallest absolute Gasteiger partial charge is 0.422 e. The maximum absolute atomic E-state index is 12.0. The average Bonchev–Trinajstić information content (AvgIpc) is 2.49. The largest absolute Gasteiger partial charge is 0.492 e. The first-order chi connectivity index (χ1) is 11.8. The summed E-state index contributed by atoms with van der Waals surface area (Å²) in [5.74, 6) is -0.393. The van der Waals surface area contributed by atoms with Gasteiger partial charge < -0.3 is 9.15 Å². The Hall–Kier alpha value is -1.66. The topological polar surface area (TPSA) is 61.4 Å². The fourth-order valence-electron chi connectivity index (χ4n) is 2.35. The van der Waals surface area contributed by atoms with E-state index in [1.807, 2.05) is 0 Å². The lowest BCUT2D eigenvalue weighted by atomic mass is 10.2. The van der Waals surface area contributed by atoms with Crippen LogP contribution in [-0.2, 0) is 6.54 Å². The van der Waals surface area contributed by atoms with Crippen molar-refractivity contribution in [1.29, 1.82) is 0 Å². The molecular formula is C16H9Cl4NO4. The first kappa shape index (κ1) is 18.1. The summed E-state index contributed by atoms with van der Waals surface area (Å²) in [5.41, 5.74) is -0.566. The second kappa shape index (κ2) is 7.30. The number of nitrogens with zero attached hydrogens (tertiary/aromatic N) is 1. The predicted octanol–water partition coefficient (Wildman–Crippen LogP) is 4.65. The highest BCUT2D eigenvalue weighted by atomic mass is 35.5. The van der Waals surface area contributed by atoms with Gasteiger partial charge in [0, 0.05) is 15.1 Å². The molecule has 0 aliphatic carbocycles. The van der Waals surface area contributed by atoms with Crippen LogP contribution >= 0.6 is 46.4 Å². The lowest BCUT2D eigenvalue weighted by Crippen LogP contribution is -2.27. The number of rotatable bonds is 4. The fourth-order valence-corrected chi connectivity index (χ4v) is 3.45. The van der Waals surface area contributed by atoms with Crippen LogP contribution < -0.4 is 16.1 Å². The van der Waals surface area contributed by atoms with Gasteiger partial charge in [-0.1, -0.05) is 46.4 Å². The summed E-state index contributed by atoms with van der Waals surface area (Å²) in [4.78, 5) is 23.9. The van der Waals surface area contributed by atoms with Crippen molar-refractivity contribution in [2.75, 3.05) is 6.61 Å². The maximum Gasteiger partial charge on any atom is 0.422 e. The first-order valence-electron chi connectivity index (χ1n) is 6.97. The van der Waals surface area contributed by atoms with Gasteiger partial charge in [-0.3, -0.25) is 4.57 Å². The monoisotopic (exact) mass is 419 g/mol. The van der Waals surface area contributed by atoms with Crippen LogP contribution in [0.15, 0.2) is 44.3 Å². The molecule has 0 aliphatic heterocycles. The molecule has 0 N–H and O–H groups in total. The number of hydrogen-bond acceptors (Lipinski definition) is 4. The van der Waals surface area contributed by atoms with Crippen molar-refractivity contribution >= 4 is 57.3 Å². The summed E-state index contributed by atoms with van der Waals surface area (Å²) in [5, 5.41) is 1.39. The van der Waals surface area contributed by atoms with E-state index in [1.54, 1.807) is 18.2 Å². The minimum atomic E-state index is -0.838. The van der Waals surface area contributed by atoms with Gasteiger partial charge in [-0.25, -0.2) is 9.59 Å². The third-order valence-electron chi connectivity index (χ3n) is 3.34. The molecule has 0 aliphatic rings. The molecule has 25 heavy (non-hydrogen) atoms. The lowest BCUT2D eigenvalue weighted by Gasteiger charge is -2.11. The summed E-state index contributed by atoms with van der Waals surface area (Å²) in [6.45, 7) is 0.183. The van der Waals surface area contributed by atoms with E-state index < -0.39 is 11.4 Å². The molecule has 0 saturated carbocycles. The Morgan fingerprint density at radius 3 is 2.24 bits per heavy atom. The molecular weight excluding hydrogens is 412 g/mol. The highest BCUT2D eigenvalue weighted by Crippen LogP contribution is 2.26. The average molecular weight is 421 g/mol. The van der Waals surface area contributed by atoms with Gasteiger partial charge in [-0.05, 0) is 30.3 Å². The van der Waals surface area contributed by atoms with Crippen LogP contribution in [-0.4, -0.2) is 11.2 Å². The molecule has 0 spiro atoms. The third-order valence-corrected chi connectivity index (χ3v) is 4.28. The molecule has 0 amide bonds. The van der Waals surface area contributed by atoms with Crippen LogP contribution in [0.4, 0.5) is 0 Å². The van der Waals surface area contributed by atoms with Gasteiger partial charge >= 0.3 is 11.4 Å². The Kier molecular flexibility index (Phi) is 5.29. The Balaban J connectivity index is 1.94. The molecule has 5 nitrogen and oxygen atoms in total. The van der Waals surface area contributed by atoms with Gasteiger partial charge in [0.2, 0.25) is 0 Å². The van der Waals surface area contributed by atoms with Gasteiger partial charge in [0.1, 0.15) is 12.4 Å². The van der Waals surface area contributed by atoms with Crippen molar-refractivity contribution in [3.63, 3.8) is 0 Å². The summed E-state index contributed by atoms with van der Waals surface area (Å²) in [6.07, 6.45) is 0. The summed E-state index contributed by atoms with van der Waals surface area (Å²) >= 11 is 23.9. The van der Waals surface area contributed by atoms with Crippen molar-refractivity contribution in [2.45, 2.75) is 6.54 Å². The molecule has 0 unspecified atom stereocenters. The molecule has 1 heterocycles. The number of ether oxygens (including phenoxy) is 1. The second-order valence-electron chi connectivity index (χ2n) is 5.04. The first-order valence-corrected chi connectivity index (χ1v) is 8.48. The number of fused-ring (bicyclic) bond motifs is 1. The fraction of sp³-hybridized carbons (Fsp3) is 0.125. The van der Waals surface area contributed by atoms with E-state index in [1.165, 1.54) is 16.7 Å². The van der Waals surface area contributed by atoms with Crippen LogP contribution in [0.3, 0.4) is 0 Å². The molecule has 9 heteroatoms. The SMILES string of the molecule is O=c1oc(=O)n(CCOc2cc(Cl)cc(Cl)c2)c2c(Cl)cc(Cl)cc12. The molecule has 130 valence electrons. The molecule has 0 atom stereocenters. The molecule has 0 saturated heterocycles. The van der Waals surface area contributed by atoms with E-state index >= 15 is 0 Å². The van der Waals surface area contributed by atoms with E-state index in [9.17, 15) is 9.59 Å². The Morgan fingerprint density at radius 1 is 0.920 bits per heavy atom. The summed E-state index contributed by atoms with van der Waals surface area (Å²) in [7, 11) is 0. The van der Waals surface area contributed by atoms with Crippen molar-refractivity contribution < 1.29 is 9.15 Å². The molecule has 3 aromatic rings. The van der Waals surface area contributed by atoms with E-state index in [2.05, 4.69) is 0 Å². The summed E-state index contributed by atoms with van der Waals surface area (Å²) in [6, 6.07) is 7.59. The van der Waals surface area contributed by atoms with Gasteiger partial charge in [0.25, 0.3) is 0 Å². The van der Waals surface area contributed by atoms with Gasteiger partial charge in [-0.2, -0.15) is 0 Å². The second-order valence-corrected chi connectivity index (χ2v) is 6.76. The van der Waals surface area contributed by atoms with Crippen molar-refractivity contribution in [1.82, 2.24) is 4.57 Å². The van der Waals surface area contributed by atoms with Crippen molar-refractivity contribution in [2.24, 2.45) is 0 Å². The molecule has 0 radical (unpaired) electrons. The predicted molar refractivity (Wildman–Crippen MR) is 98.7 cm³/mol. The van der Waals surface area contributed by atoms with Crippen molar-refractivity contribution in [3.8, 4) is 5.75 Å². The van der Waals surface area contributed by atoms with E-state index in [0.29, 0.717) is 15.8 Å². The number of aromatic nitrogens is 1. The number of halogens is 4. The van der Waals surface area contributed by atoms with Gasteiger partial charge in [-0.15, -0.1) is 0 Å². The van der Waals surface area contributed by atoms with Crippen molar-refractivity contribution in [3.05, 3.63) is 71.4 Å². The standard InChI is InChI=1S/C16H9Cl4NO4/c17-8-3-9(18)5-11(4-8)24-2-1-21-14-12(15(22)25-16(21)23)6-10(19)7-13(14)20/h3-7H,1-2H2. The van der Waals surface area contributed by atoms with Gasteiger partial charge in [0.15, 0.2) is 0 Å². The zero-order chi connectivity index (χ0) is 18.1. The highest BCUT2D eigenvalue weighted by molar-refractivity contribution is 6.38. The van der Waals surface area contributed by atoms with Crippen LogP contribution in [0, 0.1) is 0 Å². The highest BCUT2D eigenvalue weighted by Gasteiger charge is 2.14. The molecule has 2 aromatic carbocycles. The molecule has 0 bridgehead atoms. The van der Waals surface area contributed by atoms with Crippen LogP contribution in [0.1, 0.15) is 0 Å². The van der Waals surface area contributed by atoms with E-state index in [0.717, 1.165) is 0 Å². The molecule has 3 rings (SSSR count). The quantitative estimate of drug-likeness (QED) is 0.616. The van der Waals surface area contributed by atoms with E-state index in [-0.39, 0.29) is 34.1 Å². The maximum atomic E-state index is 12.0. The molecule has 0 fully saturated rings. The zero-order valence-corrected chi connectivity index (χ0v) is 15.4. The van der Waals surface area contributed by atoms with E-state index in [4.69, 9.17) is 55.6 Å². The lowest BCUT2D eigenvalue weighted by molar-refractivity contribution is 0.287. The Bertz CT molecular complexity index is 1050. The number of benzene rings is 2. The minimum absolute atomic E-state index is 0.0879.